The van der Waals surface area contributed by atoms with Gasteiger partial charge in [0.15, 0.2) is 6.10 Å². The Labute approximate surface area is 484 Å². The molecule has 0 rings (SSSR count). The lowest BCUT2D eigenvalue weighted by atomic mass is 10.1. The Bertz CT molecular complexity index is 1870. The summed E-state index contributed by atoms with van der Waals surface area (Å²) in [6, 6.07) is 0. The topological polar surface area (TPSA) is 78.9 Å². The summed E-state index contributed by atoms with van der Waals surface area (Å²) in [6.45, 7) is 6.22. The maximum atomic E-state index is 12.9. The van der Waals surface area contributed by atoms with Crippen molar-refractivity contribution in [1.29, 1.82) is 0 Å². The van der Waals surface area contributed by atoms with Gasteiger partial charge in [-0.25, -0.2) is 0 Å². The van der Waals surface area contributed by atoms with E-state index in [4.69, 9.17) is 14.2 Å². The third-order valence-electron chi connectivity index (χ3n) is 12.4. The highest BCUT2D eigenvalue weighted by molar-refractivity contribution is 5.71. The fourth-order valence-electron chi connectivity index (χ4n) is 7.81. The van der Waals surface area contributed by atoms with Gasteiger partial charge in [0, 0.05) is 19.3 Å². The van der Waals surface area contributed by atoms with Crippen LogP contribution in [0, 0.1) is 0 Å². The van der Waals surface area contributed by atoms with Gasteiger partial charge in [-0.05, 0) is 154 Å². The zero-order chi connectivity index (χ0) is 57.1. The van der Waals surface area contributed by atoms with E-state index < -0.39 is 6.10 Å². The Morgan fingerprint density at radius 2 is 0.456 bits per heavy atom. The number of carbonyl (C=O) groups is 3. The van der Waals surface area contributed by atoms with Crippen LogP contribution < -0.4 is 0 Å². The molecule has 6 nitrogen and oxygen atoms in total. The molecule has 0 fully saturated rings. The number of unbranched alkanes of at least 4 members (excludes halogenated alkanes) is 13. The summed E-state index contributed by atoms with van der Waals surface area (Å²) in [5, 5.41) is 0. The summed E-state index contributed by atoms with van der Waals surface area (Å²) in [7, 11) is 0. The standard InChI is InChI=1S/C73H112O6/c1-4-7-10-13-16-19-22-25-27-28-29-30-31-32-33-34-35-36-37-38-39-40-41-42-43-44-46-48-51-54-57-60-63-66-72(75)78-69-70(68-77-71(74)65-62-59-56-53-50-47-24-21-18-15-12-9-6-3)79-73(76)67-64-61-58-55-52-49-45-26-23-20-17-14-11-8-5-2/h7-12,16-21,25-27,29-30,32-33,35-36,38-39,41-42,44-47,50,70H,4-6,13-15,22-24,28,31,34,37,40,43,48-49,51-69H2,1-3H3/b10-7-,11-8-,12-9-,19-16-,20-17-,21-18-,27-25-,30-29-,33-32-,36-35-,39-38-,42-41-,45-26-,46-44-,50-47-. The largest absolute Gasteiger partial charge is 0.462 e. The summed E-state index contributed by atoms with van der Waals surface area (Å²) in [5.74, 6) is -0.988. The molecule has 1 atom stereocenters. The summed E-state index contributed by atoms with van der Waals surface area (Å²) in [6.07, 6.45) is 97.6. The van der Waals surface area contributed by atoms with E-state index in [2.05, 4.69) is 203 Å². The highest BCUT2D eigenvalue weighted by atomic mass is 16.6. The van der Waals surface area contributed by atoms with E-state index in [1.807, 2.05) is 0 Å². The van der Waals surface area contributed by atoms with Crippen molar-refractivity contribution >= 4 is 17.9 Å². The first-order valence-electron chi connectivity index (χ1n) is 31.3. The summed E-state index contributed by atoms with van der Waals surface area (Å²) in [5.41, 5.74) is 0. The van der Waals surface area contributed by atoms with Crippen molar-refractivity contribution in [3.8, 4) is 0 Å². The van der Waals surface area contributed by atoms with Crippen LogP contribution >= 0.6 is 0 Å². The van der Waals surface area contributed by atoms with Crippen LogP contribution in [-0.4, -0.2) is 37.2 Å². The number of allylic oxidation sites excluding steroid dienone is 30. The van der Waals surface area contributed by atoms with Crippen molar-refractivity contribution < 1.29 is 28.6 Å². The van der Waals surface area contributed by atoms with Gasteiger partial charge in [-0.15, -0.1) is 0 Å². The van der Waals surface area contributed by atoms with Gasteiger partial charge in [-0.2, -0.15) is 0 Å². The van der Waals surface area contributed by atoms with E-state index in [-0.39, 0.29) is 37.5 Å². The molecular weight excluding hydrogens is 973 g/mol. The number of rotatable bonds is 54. The molecule has 79 heavy (non-hydrogen) atoms. The SMILES string of the molecule is CC/C=C\C/C=C\C/C=C\C/C=C\C/C=C\C/C=C\C/C=C\C/C=C\C/C=C\CCCCCCCC(=O)OCC(COC(=O)CCCCC/C=C\C/C=C\C/C=C\CC)OC(=O)CCCCCCC/C=C\C/C=C\C/C=C\CC. The van der Waals surface area contributed by atoms with Crippen LogP contribution in [0.3, 0.4) is 0 Å². The van der Waals surface area contributed by atoms with Crippen LogP contribution in [0.1, 0.15) is 239 Å². The fraction of sp³-hybridized carbons (Fsp3) is 0.548. The maximum absolute atomic E-state index is 12.9. The predicted molar refractivity (Wildman–Crippen MR) is 343 cm³/mol. The zero-order valence-electron chi connectivity index (χ0n) is 50.3. The molecule has 0 N–H and O–H groups in total. The molecule has 0 aliphatic heterocycles. The van der Waals surface area contributed by atoms with Crippen LogP contribution in [-0.2, 0) is 28.6 Å². The van der Waals surface area contributed by atoms with Crippen molar-refractivity contribution in [3.05, 3.63) is 182 Å². The number of ether oxygens (including phenoxy) is 3. The molecule has 0 bridgehead atoms. The lowest BCUT2D eigenvalue weighted by Gasteiger charge is -2.18. The van der Waals surface area contributed by atoms with Crippen LogP contribution in [0.5, 0.6) is 0 Å². The third-order valence-corrected chi connectivity index (χ3v) is 12.4. The molecule has 6 heteroatoms. The fourth-order valence-corrected chi connectivity index (χ4v) is 7.81. The molecule has 0 radical (unpaired) electrons. The average molecular weight is 1090 g/mol. The second-order valence-electron chi connectivity index (χ2n) is 19.8. The van der Waals surface area contributed by atoms with Crippen molar-refractivity contribution in [1.82, 2.24) is 0 Å². The summed E-state index contributed by atoms with van der Waals surface area (Å²) >= 11 is 0. The highest BCUT2D eigenvalue weighted by Gasteiger charge is 2.19. The Morgan fingerprint density at radius 1 is 0.253 bits per heavy atom. The van der Waals surface area contributed by atoms with Gasteiger partial charge in [0.1, 0.15) is 13.2 Å². The quantitative estimate of drug-likeness (QED) is 0.0261. The molecule has 0 aromatic heterocycles. The lowest BCUT2D eigenvalue weighted by molar-refractivity contribution is -0.167. The molecule has 1 unspecified atom stereocenters. The number of hydrogen-bond donors (Lipinski definition) is 0. The molecule has 440 valence electrons. The minimum atomic E-state index is -0.818. The van der Waals surface area contributed by atoms with Crippen LogP contribution in [0.2, 0.25) is 0 Å². The van der Waals surface area contributed by atoms with Crippen molar-refractivity contribution in [3.63, 3.8) is 0 Å². The molecule has 0 amide bonds. The summed E-state index contributed by atoms with van der Waals surface area (Å²) in [4.78, 5) is 38.2. The molecule has 0 aromatic carbocycles. The highest BCUT2D eigenvalue weighted by Crippen LogP contribution is 2.13. The predicted octanol–water partition coefficient (Wildman–Crippen LogP) is 21.7. The van der Waals surface area contributed by atoms with Gasteiger partial charge in [0.05, 0.1) is 0 Å². The third kappa shape index (κ3) is 63.2. The van der Waals surface area contributed by atoms with Crippen LogP contribution in [0.15, 0.2) is 182 Å². The summed E-state index contributed by atoms with van der Waals surface area (Å²) < 4.78 is 16.8. The van der Waals surface area contributed by atoms with E-state index in [9.17, 15) is 14.4 Å². The van der Waals surface area contributed by atoms with E-state index >= 15 is 0 Å². The van der Waals surface area contributed by atoms with Gasteiger partial charge in [-0.1, -0.05) is 248 Å². The van der Waals surface area contributed by atoms with Crippen LogP contribution in [0.25, 0.3) is 0 Å². The van der Waals surface area contributed by atoms with Gasteiger partial charge < -0.3 is 14.2 Å². The van der Waals surface area contributed by atoms with Gasteiger partial charge in [-0.3, -0.25) is 14.4 Å². The second-order valence-corrected chi connectivity index (χ2v) is 19.8. The van der Waals surface area contributed by atoms with Crippen molar-refractivity contribution in [2.75, 3.05) is 13.2 Å². The smallest absolute Gasteiger partial charge is 0.306 e. The van der Waals surface area contributed by atoms with Gasteiger partial charge in [0.25, 0.3) is 0 Å². The first kappa shape index (κ1) is 73.5. The van der Waals surface area contributed by atoms with Crippen molar-refractivity contribution in [2.24, 2.45) is 0 Å². The van der Waals surface area contributed by atoms with Crippen LogP contribution in [0.4, 0.5) is 0 Å². The number of carbonyl (C=O) groups excluding carboxylic acids is 3. The average Bonchev–Trinajstić information content (AvgIpc) is 3.45. The first-order chi connectivity index (χ1) is 39.0. The molecule has 0 aliphatic carbocycles. The van der Waals surface area contributed by atoms with Crippen molar-refractivity contribution in [2.45, 2.75) is 245 Å². The molecule has 0 spiro atoms. The monoisotopic (exact) mass is 1080 g/mol. The Balaban J connectivity index is 4.37. The Hall–Kier alpha value is -5.49. The molecule has 0 saturated carbocycles. The molecule has 0 aliphatic rings. The van der Waals surface area contributed by atoms with E-state index in [0.717, 1.165) is 199 Å². The minimum absolute atomic E-state index is 0.114. The molecule has 0 aromatic rings. The van der Waals surface area contributed by atoms with Gasteiger partial charge in [0.2, 0.25) is 0 Å². The normalized spacial score (nSPS) is 13.4. The first-order valence-corrected chi connectivity index (χ1v) is 31.3. The maximum Gasteiger partial charge on any atom is 0.306 e. The number of hydrogen-bond acceptors (Lipinski definition) is 6. The zero-order valence-corrected chi connectivity index (χ0v) is 50.3. The van der Waals surface area contributed by atoms with E-state index in [0.29, 0.717) is 12.8 Å². The molecular formula is C73H112O6. The Kier molecular flexibility index (Phi) is 60.5. The number of esters is 3. The molecule has 0 heterocycles. The van der Waals surface area contributed by atoms with E-state index in [1.165, 1.54) is 0 Å². The lowest BCUT2D eigenvalue weighted by Crippen LogP contribution is -2.30. The Morgan fingerprint density at radius 3 is 0.722 bits per heavy atom. The second kappa shape index (κ2) is 65.0. The van der Waals surface area contributed by atoms with Gasteiger partial charge >= 0.3 is 17.9 Å². The molecule has 0 saturated heterocycles. The van der Waals surface area contributed by atoms with E-state index in [1.54, 1.807) is 0 Å². The minimum Gasteiger partial charge on any atom is -0.462 e.